The van der Waals surface area contributed by atoms with E-state index in [2.05, 4.69) is 29.0 Å². The molecule has 0 saturated carbocycles. The maximum atomic E-state index is 5.55. The molecule has 1 aromatic heterocycles. The van der Waals surface area contributed by atoms with Crippen molar-refractivity contribution < 1.29 is 0 Å². The van der Waals surface area contributed by atoms with E-state index in [0.717, 1.165) is 45.7 Å². The molecule has 2 N–H and O–H groups in total. The number of anilines is 1. The number of aromatic nitrogens is 1. The maximum Gasteiger partial charge on any atom is 0.185 e. The molecule has 0 spiro atoms. The van der Waals surface area contributed by atoms with Gasteiger partial charge >= 0.3 is 0 Å². The van der Waals surface area contributed by atoms with Gasteiger partial charge in [0.25, 0.3) is 0 Å². The van der Waals surface area contributed by atoms with Gasteiger partial charge in [0.1, 0.15) is 0 Å². The summed E-state index contributed by atoms with van der Waals surface area (Å²) in [5, 5.41) is 3.39. The summed E-state index contributed by atoms with van der Waals surface area (Å²) >= 11 is 1.78. The van der Waals surface area contributed by atoms with Gasteiger partial charge in [0.05, 0.1) is 5.69 Å². The van der Waals surface area contributed by atoms with Crippen molar-refractivity contribution in [1.29, 1.82) is 0 Å². The lowest BCUT2D eigenvalue weighted by atomic mass is 10.2. The van der Waals surface area contributed by atoms with Crippen LogP contribution in [-0.4, -0.2) is 49.2 Å². The lowest BCUT2D eigenvalue weighted by Crippen LogP contribution is -2.46. The maximum absolute atomic E-state index is 5.55. The molecule has 102 valence electrons. The second kappa shape index (κ2) is 6.50. The Bertz CT molecular complexity index is 356. The number of nitrogens with zero attached hydrogens (tertiary/aromatic N) is 3. The summed E-state index contributed by atoms with van der Waals surface area (Å²) in [6.07, 6.45) is 1.11. The standard InChI is InChI=1S/C13H24N4S/c1-11(2)12-10-18-13(15-12)17-8-6-16(7-9-17)5-3-4-14/h10-11H,3-9,14H2,1-2H3. The second-order valence-corrected chi connectivity index (χ2v) is 6.02. The average Bonchev–Trinajstić information content (AvgIpc) is 2.87. The molecule has 1 aliphatic heterocycles. The van der Waals surface area contributed by atoms with Crippen molar-refractivity contribution in [1.82, 2.24) is 9.88 Å². The number of nitrogens with two attached hydrogens (primary N) is 1. The quantitative estimate of drug-likeness (QED) is 0.883. The van der Waals surface area contributed by atoms with Crippen molar-refractivity contribution in [3.8, 4) is 0 Å². The van der Waals surface area contributed by atoms with Gasteiger partial charge in [-0.1, -0.05) is 13.8 Å². The first kappa shape index (κ1) is 13.8. The van der Waals surface area contributed by atoms with Gasteiger partial charge in [0.2, 0.25) is 0 Å². The van der Waals surface area contributed by atoms with E-state index in [0.29, 0.717) is 5.92 Å². The topological polar surface area (TPSA) is 45.4 Å². The highest BCUT2D eigenvalue weighted by Gasteiger charge is 2.19. The molecule has 0 unspecified atom stereocenters. The number of hydrogen-bond acceptors (Lipinski definition) is 5. The monoisotopic (exact) mass is 268 g/mol. The van der Waals surface area contributed by atoms with Crippen molar-refractivity contribution in [2.24, 2.45) is 5.73 Å². The summed E-state index contributed by atoms with van der Waals surface area (Å²) < 4.78 is 0. The molecular formula is C13H24N4S. The van der Waals surface area contributed by atoms with Crippen LogP contribution in [0.2, 0.25) is 0 Å². The molecule has 4 nitrogen and oxygen atoms in total. The lowest BCUT2D eigenvalue weighted by Gasteiger charge is -2.34. The highest BCUT2D eigenvalue weighted by molar-refractivity contribution is 7.13. The van der Waals surface area contributed by atoms with Crippen LogP contribution in [0.25, 0.3) is 0 Å². The van der Waals surface area contributed by atoms with Crippen LogP contribution in [0.1, 0.15) is 31.9 Å². The van der Waals surface area contributed by atoms with E-state index >= 15 is 0 Å². The Morgan fingerprint density at radius 1 is 1.33 bits per heavy atom. The van der Waals surface area contributed by atoms with Crippen LogP contribution in [-0.2, 0) is 0 Å². The van der Waals surface area contributed by atoms with Crippen LogP contribution in [0.4, 0.5) is 5.13 Å². The summed E-state index contributed by atoms with van der Waals surface area (Å²) in [5.74, 6) is 0.529. The molecule has 0 radical (unpaired) electrons. The zero-order chi connectivity index (χ0) is 13.0. The van der Waals surface area contributed by atoms with Crippen LogP contribution >= 0.6 is 11.3 Å². The van der Waals surface area contributed by atoms with Gasteiger partial charge in [-0.25, -0.2) is 4.98 Å². The zero-order valence-corrected chi connectivity index (χ0v) is 12.2. The highest BCUT2D eigenvalue weighted by atomic mass is 32.1. The Kier molecular flexibility index (Phi) is 4.97. The molecule has 1 fully saturated rings. The fraction of sp³-hybridized carbons (Fsp3) is 0.769. The van der Waals surface area contributed by atoms with Gasteiger partial charge < -0.3 is 10.6 Å². The molecule has 0 amide bonds. The molecule has 2 rings (SSSR count). The van der Waals surface area contributed by atoms with Crippen LogP contribution in [0.3, 0.4) is 0 Å². The predicted molar refractivity (Wildman–Crippen MR) is 78.5 cm³/mol. The molecule has 18 heavy (non-hydrogen) atoms. The van der Waals surface area contributed by atoms with E-state index in [-0.39, 0.29) is 0 Å². The molecule has 1 saturated heterocycles. The van der Waals surface area contributed by atoms with E-state index in [1.807, 2.05) is 0 Å². The van der Waals surface area contributed by atoms with Gasteiger partial charge in [-0.05, 0) is 25.4 Å². The summed E-state index contributed by atoms with van der Waals surface area (Å²) in [7, 11) is 0. The Balaban J connectivity index is 1.85. The van der Waals surface area contributed by atoms with Crippen molar-refractivity contribution in [3.63, 3.8) is 0 Å². The Hall–Kier alpha value is -0.650. The molecule has 0 aliphatic carbocycles. The molecule has 0 bridgehead atoms. The Morgan fingerprint density at radius 3 is 2.61 bits per heavy atom. The largest absolute Gasteiger partial charge is 0.346 e. The van der Waals surface area contributed by atoms with E-state index in [1.54, 1.807) is 11.3 Å². The third kappa shape index (κ3) is 3.43. The summed E-state index contributed by atoms with van der Waals surface area (Å²) in [6, 6.07) is 0. The van der Waals surface area contributed by atoms with Crippen LogP contribution in [0.15, 0.2) is 5.38 Å². The molecule has 0 aromatic carbocycles. The average molecular weight is 268 g/mol. The van der Waals surface area contributed by atoms with E-state index in [9.17, 15) is 0 Å². The van der Waals surface area contributed by atoms with Gasteiger partial charge in [-0.15, -0.1) is 11.3 Å². The minimum Gasteiger partial charge on any atom is -0.346 e. The summed E-state index contributed by atoms with van der Waals surface area (Å²) in [6.45, 7) is 10.8. The molecule has 2 heterocycles. The summed E-state index contributed by atoms with van der Waals surface area (Å²) in [4.78, 5) is 9.64. The Labute approximate surface area is 114 Å². The van der Waals surface area contributed by atoms with Crippen LogP contribution in [0, 0.1) is 0 Å². The van der Waals surface area contributed by atoms with Gasteiger partial charge in [-0.3, -0.25) is 4.90 Å². The Morgan fingerprint density at radius 2 is 2.06 bits per heavy atom. The van der Waals surface area contributed by atoms with Gasteiger partial charge in [0.15, 0.2) is 5.13 Å². The third-order valence-corrected chi connectivity index (χ3v) is 4.34. The van der Waals surface area contributed by atoms with Crippen molar-refractivity contribution in [2.45, 2.75) is 26.2 Å². The number of rotatable bonds is 5. The normalized spacial score (nSPS) is 17.7. The second-order valence-electron chi connectivity index (χ2n) is 5.18. The first-order valence-corrected chi connectivity index (χ1v) is 7.71. The van der Waals surface area contributed by atoms with Gasteiger partial charge in [0, 0.05) is 31.6 Å². The first-order valence-electron chi connectivity index (χ1n) is 6.83. The highest BCUT2D eigenvalue weighted by Crippen LogP contribution is 2.25. The molecule has 1 aromatic rings. The molecule has 5 heteroatoms. The SMILES string of the molecule is CC(C)c1csc(N2CCN(CCCN)CC2)n1. The molecule has 1 aliphatic rings. The van der Waals surface area contributed by atoms with Gasteiger partial charge in [-0.2, -0.15) is 0 Å². The van der Waals surface area contributed by atoms with E-state index < -0.39 is 0 Å². The first-order chi connectivity index (χ1) is 8.70. The predicted octanol–water partition coefficient (Wildman–Crippen LogP) is 1.74. The number of piperazine rings is 1. The number of thiazole rings is 1. The third-order valence-electron chi connectivity index (χ3n) is 3.42. The van der Waals surface area contributed by atoms with E-state index in [1.165, 1.54) is 10.8 Å². The summed E-state index contributed by atoms with van der Waals surface area (Å²) in [5.41, 5.74) is 6.77. The zero-order valence-electron chi connectivity index (χ0n) is 11.4. The number of hydrogen-bond donors (Lipinski definition) is 1. The van der Waals surface area contributed by atoms with Crippen LogP contribution in [0.5, 0.6) is 0 Å². The van der Waals surface area contributed by atoms with Crippen molar-refractivity contribution in [2.75, 3.05) is 44.2 Å². The fourth-order valence-corrected chi connectivity index (χ4v) is 3.21. The minimum absolute atomic E-state index is 0.529. The van der Waals surface area contributed by atoms with E-state index in [4.69, 9.17) is 10.7 Å². The van der Waals surface area contributed by atoms with Crippen LogP contribution < -0.4 is 10.6 Å². The minimum atomic E-state index is 0.529. The molecule has 0 atom stereocenters. The van der Waals surface area contributed by atoms with Crippen molar-refractivity contribution >= 4 is 16.5 Å². The smallest absolute Gasteiger partial charge is 0.185 e. The molecular weight excluding hydrogens is 244 g/mol. The fourth-order valence-electron chi connectivity index (χ4n) is 2.16. The lowest BCUT2D eigenvalue weighted by molar-refractivity contribution is 0.256. The van der Waals surface area contributed by atoms with Crippen molar-refractivity contribution in [3.05, 3.63) is 11.1 Å².